The standard InChI is InChI=1S/C46H27N3S/c1-2-10-30-25-33(20-17-28(30)9-1)45-35-12-3-6-14-39(35)47-46(48-45)49-40-15-7-4-13-36(40)44-37-26-31(19-18-29(37)21-23-41(44)49)32-22-24-43-38(27-32)34-11-5-8-16-42(34)50-43/h1-27H. The van der Waals surface area contributed by atoms with E-state index < -0.39 is 0 Å². The molecule has 0 atom stereocenters. The summed E-state index contributed by atoms with van der Waals surface area (Å²) in [5.41, 5.74) is 7.55. The molecule has 0 N–H and O–H groups in total. The first kappa shape index (κ1) is 27.6. The molecule has 0 saturated carbocycles. The van der Waals surface area contributed by atoms with Crippen LogP contribution >= 0.6 is 11.3 Å². The number of benzene rings is 8. The molecule has 0 radical (unpaired) electrons. The van der Waals surface area contributed by atoms with Crippen LogP contribution in [0.2, 0.25) is 0 Å². The Hall–Kier alpha value is -6.36. The van der Waals surface area contributed by atoms with Gasteiger partial charge in [0, 0.05) is 41.9 Å². The van der Waals surface area contributed by atoms with E-state index in [2.05, 4.69) is 168 Å². The number of thiophene rings is 1. The van der Waals surface area contributed by atoms with Gasteiger partial charge >= 0.3 is 0 Å². The minimum atomic E-state index is 0.670. The quantitative estimate of drug-likeness (QED) is 0.190. The fourth-order valence-electron chi connectivity index (χ4n) is 7.81. The maximum Gasteiger partial charge on any atom is 0.235 e. The van der Waals surface area contributed by atoms with Gasteiger partial charge in [-0.05, 0) is 81.2 Å². The first-order valence-corrected chi connectivity index (χ1v) is 17.7. The van der Waals surface area contributed by atoms with Gasteiger partial charge in [0.05, 0.1) is 22.2 Å². The van der Waals surface area contributed by atoms with Gasteiger partial charge < -0.3 is 0 Å². The lowest BCUT2D eigenvalue weighted by Gasteiger charge is -2.12. The number of hydrogen-bond donors (Lipinski definition) is 0. The molecular formula is C46H27N3S. The average Bonchev–Trinajstić information content (AvgIpc) is 3.73. The molecule has 4 heteroatoms. The van der Waals surface area contributed by atoms with Gasteiger partial charge in [0.25, 0.3) is 0 Å². The van der Waals surface area contributed by atoms with Crippen LogP contribution in [0.15, 0.2) is 164 Å². The van der Waals surface area contributed by atoms with Crippen LogP contribution in [0, 0.1) is 0 Å². The Kier molecular flexibility index (Phi) is 5.83. The van der Waals surface area contributed by atoms with Gasteiger partial charge in [-0.1, -0.05) is 115 Å². The maximum absolute atomic E-state index is 5.37. The monoisotopic (exact) mass is 653 g/mol. The molecule has 0 fully saturated rings. The summed E-state index contributed by atoms with van der Waals surface area (Å²) in [6, 6.07) is 59.0. The van der Waals surface area contributed by atoms with Gasteiger partial charge in [-0.3, -0.25) is 4.57 Å². The Balaban J connectivity index is 1.16. The summed E-state index contributed by atoms with van der Waals surface area (Å²) in [7, 11) is 0. The molecule has 3 heterocycles. The lowest BCUT2D eigenvalue weighted by Crippen LogP contribution is -2.03. The Bertz CT molecular complexity index is 3170. The summed E-state index contributed by atoms with van der Waals surface area (Å²) < 4.78 is 4.89. The Morgan fingerprint density at radius 1 is 0.400 bits per heavy atom. The zero-order valence-corrected chi connectivity index (χ0v) is 27.7. The number of aromatic nitrogens is 3. The number of rotatable bonds is 3. The summed E-state index contributed by atoms with van der Waals surface area (Å²) in [6.45, 7) is 0. The van der Waals surface area contributed by atoms with Crippen molar-refractivity contribution in [2.24, 2.45) is 0 Å². The van der Waals surface area contributed by atoms with Crippen molar-refractivity contribution in [3.8, 4) is 28.3 Å². The molecule has 50 heavy (non-hydrogen) atoms. The number of fused-ring (bicyclic) bond motifs is 10. The second-order valence-corrected chi connectivity index (χ2v) is 14.1. The van der Waals surface area contributed by atoms with Gasteiger partial charge in [0.15, 0.2) is 0 Å². The van der Waals surface area contributed by atoms with Gasteiger partial charge in [-0.15, -0.1) is 11.3 Å². The van der Waals surface area contributed by atoms with E-state index >= 15 is 0 Å². The van der Waals surface area contributed by atoms with E-state index in [1.165, 1.54) is 63.6 Å². The fraction of sp³-hybridized carbons (Fsp3) is 0. The average molecular weight is 654 g/mol. The lowest BCUT2D eigenvalue weighted by atomic mass is 9.97. The highest BCUT2D eigenvalue weighted by atomic mass is 32.1. The topological polar surface area (TPSA) is 30.7 Å². The van der Waals surface area contributed by atoms with Crippen LogP contribution in [-0.2, 0) is 0 Å². The fourth-order valence-corrected chi connectivity index (χ4v) is 8.90. The summed E-state index contributed by atoms with van der Waals surface area (Å²) >= 11 is 1.86. The van der Waals surface area contributed by atoms with Gasteiger partial charge in [-0.25, -0.2) is 9.97 Å². The van der Waals surface area contributed by atoms with Gasteiger partial charge in [0.1, 0.15) is 0 Å². The molecule has 0 unspecified atom stereocenters. The van der Waals surface area contributed by atoms with Crippen molar-refractivity contribution >= 4 is 85.8 Å². The van der Waals surface area contributed by atoms with Crippen molar-refractivity contribution in [1.29, 1.82) is 0 Å². The van der Waals surface area contributed by atoms with Crippen LogP contribution in [0.25, 0.3) is 103 Å². The molecule has 0 aliphatic heterocycles. The molecule has 0 bridgehead atoms. The molecule has 232 valence electrons. The van der Waals surface area contributed by atoms with Crippen molar-refractivity contribution in [3.63, 3.8) is 0 Å². The van der Waals surface area contributed by atoms with E-state index in [1.807, 2.05) is 11.3 Å². The van der Waals surface area contributed by atoms with E-state index in [9.17, 15) is 0 Å². The van der Waals surface area contributed by atoms with E-state index in [4.69, 9.17) is 9.97 Å². The third-order valence-electron chi connectivity index (χ3n) is 10.2. The van der Waals surface area contributed by atoms with Crippen LogP contribution < -0.4 is 0 Å². The number of hydrogen-bond acceptors (Lipinski definition) is 3. The predicted octanol–water partition coefficient (Wildman–Crippen LogP) is 12.7. The second kappa shape index (κ2) is 10.6. The Morgan fingerprint density at radius 2 is 1.06 bits per heavy atom. The molecule has 8 aromatic carbocycles. The first-order valence-electron chi connectivity index (χ1n) is 16.9. The third-order valence-corrected chi connectivity index (χ3v) is 11.3. The highest BCUT2D eigenvalue weighted by Crippen LogP contribution is 2.41. The first-order chi connectivity index (χ1) is 24.8. The van der Waals surface area contributed by atoms with Crippen LogP contribution in [0.1, 0.15) is 0 Å². The number of nitrogens with zero attached hydrogens (tertiary/aromatic N) is 3. The zero-order chi connectivity index (χ0) is 32.8. The molecular weight excluding hydrogens is 627 g/mol. The minimum absolute atomic E-state index is 0.670. The van der Waals surface area contributed by atoms with Crippen LogP contribution in [-0.4, -0.2) is 14.5 Å². The van der Waals surface area contributed by atoms with E-state index in [-0.39, 0.29) is 0 Å². The summed E-state index contributed by atoms with van der Waals surface area (Å²) in [5, 5.41) is 10.9. The maximum atomic E-state index is 5.37. The van der Waals surface area contributed by atoms with Crippen LogP contribution in [0.3, 0.4) is 0 Å². The molecule has 0 aliphatic rings. The second-order valence-electron chi connectivity index (χ2n) is 13.0. The SMILES string of the molecule is c1ccc2cc(-c3nc(-n4c5ccccc5c5c6cc(-c7ccc8sc9ccccc9c8c7)ccc6ccc54)nc4ccccc34)ccc2c1. The lowest BCUT2D eigenvalue weighted by molar-refractivity contribution is 1.01. The molecule has 11 rings (SSSR count). The Labute approximate surface area is 291 Å². The van der Waals surface area contributed by atoms with Crippen molar-refractivity contribution in [2.75, 3.05) is 0 Å². The third kappa shape index (κ3) is 4.09. The zero-order valence-electron chi connectivity index (χ0n) is 26.8. The van der Waals surface area contributed by atoms with E-state index in [0.29, 0.717) is 5.95 Å². The van der Waals surface area contributed by atoms with Crippen LogP contribution in [0.4, 0.5) is 0 Å². The van der Waals surface area contributed by atoms with Crippen molar-refractivity contribution < 1.29 is 0 Å². The van der Waals surface area contributed by atoms with Crippen molar-refractivity contribution in [1.82, 2.24) is 14.5 Å². The van der Waals surface area contributed by atoms with Gasteiger partial charge in [0.2, 0.25) is 5.95 Å². The predicted molar refractivity (Wildman–Crippen MR) is 213 cm³/mol. The minimum Gasteiger partial charge on any atom is -0.278 e. The molecule has 0 saturated heterocycles. The number of para-hydroxylation sites is 2. The Morgan fingerprint density at radius 3 is 1.98 bits per heavy atom. The summed E-state index contributed by atoms with van der Waals surface area (Å²) in [4.78, 5) is 10.6. The normalized spacial score (nSPS) is 12.0. The molecule has 0 aliphatic carbocycles. The molecule has 3 nitrogen and oxygen atoms in total. The smallest absolute Gasteiger partial charge is 0.235 e. The summed E-state index contributed by atoms with van der Waals surface area (Å²) in [6.07, 6.45) is 0. The van der Waals surface area contributed by atoms with Crippen LogP contribution in [0.5, 0.6) is 0 Å². The molecule has 0 spiro atoms. The molecule has 0 amide bonds. The highest BCUT2D eigenvalue weighted by Gasteiger charge is 2.19. The van der Waals surface area contributed by atoms with Crippen molar-refractivity contribution in [2.45, 2.75) is 0 Å². The summed E-state index contributed by atoms with van der Waals surface area (Å²) in [5.74, 6) is 0.670. The van der Waals surface area contributed by atoms with E-state index in [0.717, 1.165) is 33.2 Å². The molecule has 11 aromatic rings. The largest absolute Gasteiger partial charge is 0.278 e. The molecule has 3 aromatic heterocycles. The van der Waals surface area contributed by atoms with E-state index in [1.54, 1.807) is 0 Å². The highest BCUT2D eigenvalue weighted by molar-refractivity contribution is 7.25. The van der Waals surface area contributed by atoms with Gasteiger partial charge in [-0.2, -0.15) is 0 Å². The van der Waals surface area contributed by atoms with Crippen molar-refractivity contribution in [3.05, 3.63) is 164 Å².